The largest absolute Gasteiger partial charge is 0.355 e. The smallest absolute Gasteiger partial charge is 0.198 e. The highest BCUT2D eigenvalue weighted by Gasteiger charge is 2.41. The molecule has 0 bridgehead atoms. The van der Waals surface area contributed by atoms with E-state index in [1.165, 1.54) is 88.8 Å². The van der Waals surface area contributed by atoms with Crippen LogP contribution < -0.4 is 21.1 Å². The first-order chi connectivity index (χ1) is 25.9. The summed E-state index contributed by atoms with van der Waals surface area (Å²) in [6, 6.07) is 62.4. The zero-order valence-corrected chi connectivity index (χ0v) is 30.3. The Morgan fingerprint density at radius 2 is 1.17 bits per heavy atom. The normalized spacial score (nSPS) is 13.5. The monoisotopic (exact) mass is 678 g/mol. The molecule has 0 spiro atoms. The van der Waals surface area contributed by atoms with Gasteiger partial charge < -0.3 is 10.2 Å². The van der Waals surface area contributed by atoms with E-state index in [9.17, 15) is 0 Å². The van der Waals surface area contributed by atoms with Crippen LogP contribution in [0.3, 0.4) is 0 Å². The second-order valence-electron chi connectivity index (χ2n) is 15.2. The van der Waals surface area contributed by atoms with Crippen molar-refractivity contribution in [3.05, 3.63) is 187 Å². The lowest BCUT2D eigenvalue weighted by Crippen LogP contribution is -2.45. The maximum absolute atomic E-state index is 3.88. The lowest BCUT2D eigenvalue weighted by Gasteiger charge is -2.46. The molecule has 0 fully saturated rings. The van der Waals surface area contributed by atoms with Crippen molar-refractivity contribution in [2.24, 2.45) is 0 Å². The van der Waals surface area contributed by atoms with Gasteiger partial charge in [0.05, 0.1) is 5.69 Å². The molecule has 3 heteroatoms. The van der Waals surface area contributed by atoms with Crippen molar-refractivity contribution in [1.29, 1.82) is 0 Å². The molecule has 2 aliphatic heterocycles. The fourth-order valence-electron chi connectivity index (χ4n) is 8.79. The molecule has 0 atom stereocenters. The van der Waals surface area contributed by atoms with Gasteiger partial charge in [-0.2, -0.15) is 0 Å². The molecule has 2 aliphatic rings. The third kappa shape index (κ3) is 5.18. The number of nitrogens with one attached hydrogen (secondary N) is 1. The number of aryl methyl sites for hydroxylation is 1. The fraction of sp³-hybridized carbons (Fsp3) is 0.0800. The summed E-state index contributed by atoms with van der Waals surface area (Å²) >= 11 is 0. The van der Waals surface area contributed by atoms with Gasteiger partial charge in [-0.05, 0) is 110 Å². The van der Waals surface area contributed by atoms with E-state index in [2.05, 4.69) is 201 Å². The Bertz CT molecular complexity index is 2710. The molecule has 0 amide bonds. The van der Waals surface area contributed by atoms with Gasteiger partial charge in [-0.1, -0.05) is 147 Å². The molecule has 1 N–H and O–H groups in total. The van der Waals surface area contributed by atoms with E-state index >= 15 is 0 Å². The van der Waals surface area contributed by atoms with Crippen LogP contribution in [0.5, 0.6) is 0 Å². The second-order valence-corrected chi connectivity index (χ2v) is 15.2. The van der Waals surface area contributed by atoms with Gasteiger partial charge in [-0.15, -0.1) is 0 Å². The van der Waals surface area contributed by atoms with E-state index in [4.69, 9.17) is 0 Å². The zero-order chi connectivity index (χ0) is 35.7. The Kier molecular flexibility index (Phi) is 7.20. The van der Waals surface area contributed by atoms with Crippen LogP contribution in [0.2, 0.25) is 0 Å². The maximum atomic E-state index is 3.88. The summed E-state index contributed by atoms with van der Waals surface area (Å²) in [6.45, 7) is 7.03. The number of fused-ring (bicyclic) bond motifs is 5. The first-order valence-corrected chi connectivity index (χ1v) is 18.6. The summed E-state index contributed by atoms with van der Waals surface area (Å²) in [6.07, 6.45) is 0. The van der Waals surface area contributed by atoms with Crippen LogP contribution in [-0.2, 0) is 5.41 Å². The Morgan fingerprint density at radius 3 is 1.92 bits per heavy atom. The molecule has 2 nitrogen and oxygen atoms in total. The maximum Gasteiger partial charge on any atom is 0.198 e. The number of anilines is 5. The molecule has 252 valence electrons. The first kappa shape index (κ1) is 31.4. The molecule has 8 aromatic carbocycles. The van der Waals surface area contributed by atoms with Crippen LogP contribution >= 0.6 is 0 Å². The van der Waals surface area contributed by atoms with E-state index in [0.29, 0.717) is 0 Å². The summed E-state index contributed by atoms with van der Waals surface area (Å²) < 4.78 is 0. The molecule has 0 aromatic heterocycles. The van der Waals surface area contributed by atoms with Crippen LogP contribution in [0.4, 0.5) is 28.4 Å². The van der Waals surface area contributed by atoms with Gasteiger partial charge in [0.25, 0.3) is 0 Å². The van der Waals surface area contributed by atoms with E-state index in [1.54, 1.807) is 0 Å². The number of rotatable bonds is 5. The molecule has 0 saturated carbocycles. The predicted molar refractivity (Wildman–Crippen MR) is 228 cm³/mol. The number of hydrogen-bond acceptors (Lipinski definition) is 2. The topological polar surface area (TPSA) is 15.3 Å². The summed E-state index contributed by atoms with van der Waals surface area (Å²) in [5, 5.41) is 6.43. The lowest BCUT2D eigenvalue weighted by atomic mass is 9.55. The molecule has 0 unspecified atom stereocenters. The molecule has 10 rings (SSSR count). The number of hydrogen-bond donors (Lipinski definition) is 1. The van der Waals surface area contributed by atoms with Crippen LogP contribution in [0.25, 0.3) is 44.2 Å². The van der Waals surface area contributed by atoms with Gasteiger partial charge in [0.15, 0.2) is 7.28 Å². The number of nitrogens with zero attached hydrogens (tertiary/aromatic N) is 1. The van der Waals surface area contributed by atoms with Crippen LogP contribution in [0.1, 0.15) is 30.5 Å². The van der Waals surface area contributed by atoms with E-state index in [1.807, 2.05) is 0 Å². The summed E-state index contributed by atoms with van der Waals surface area (Å²) in [5.74, 6) is 0. The Morgan fingerprint density at radius 1 is 0.509 bits per heavy atom. The van der Waals surface area contributed by atoms with Crippen molar-refractivity contribution in [3.8, 4) is 33.4 Å². The average Bonchev–Trinajstić information content (AvgIpc) is 3.19. The molecule has 53 heavy (non-hydrogen) atoms. The minimum Gasteiger partial charge on any atom is -0.355 e. The summed E-state index contributed by atoms with van der Waals surface area (Å²) in [5.41, 5.74) is 19.9. The third-order valence-electron chi connectivity index (χ3n) is 11.4. The summed E-state index contributed by atoms with van der Waals surface area (Å²) in [4.78, 5) is 2.59. The van der Waals surface area contributed by atoms with E-state index in [0.717, 1.165) is 18.7 Å². The van der Waals surface area contributed by atoms with Gasteiger partial charge in [0, 0.05) is 33.7 Å². The van der Waals surface area contributed by atoms with Crippen LogP contribution in [0.15, 0.2) is 170 Å². The van der Waals surface area contributed by atoms with E-state index in [-0.39, 0.29) is 5.41 Å². The van der Waals surface area contributed by atoms with Crippen molar-refractivity contribution in [1.82, 2.24) is 0 Å². The summed E-state index contributed by atoms with van der Waals surface area (Å²) in [7, 11) is 0.863. The second kappa shape index (κ2) is 12.1. The van der Waals surface area contributed by atoms with E-state index < -0.39 is 0 Å². The van der Waals surface area contributed by atoms with Gasteiger partial charge in [-0.25, -0.2) is 0 Å². The number of para-hydroxylation sites is 1. The SMILES string of the molecule is Cc1cc(-c2cc(-c3ccccc3)ccc2Nc2cccc(-c3ccccc3)c2)c2c(c1)N1c3cc4ccccc4cc3C(C)(C)c3cccc(c31)B2. The van der Waals surface area contributed by atoms with Crippen molar-refractivity contribution in [2.45, 2.75) is 26.2 Å². The van der Waals surface area contributed by atoms with Crippen molar-refractivity contribution >= 4 is 57.4 Å². The van der Waals surface area contributed by atoms with Crippen molar-refractivity contribution in [2.75, 3.05) is 10.2 Å². The fourth-order valence-corrected chi connectivity index (χ4v) is 8.79. The molecule has 0 radical (unpaired) electrons. The standard InChI is InChI=1S/C50H39BN2/c1-32-26-41(40-29-38(34-16-8-5-9-17-34)24-25-45(40)52-39-21-12-20-35(28-39)33-14-6-4-7-15-33)48-47(27-32)53-46-31-37-19-11-10-18-36(37)30-43(46)50(2,3)42-22-13-23-44(51-48)49(42)53/h4-31,51-52H,1-3H3. The van der Waals surface area contributed by atoms with Crippen molar-refractivity contribution in [3.63, 3.8) is 0 Å². The Balaban J connectivity index is 1.19. The van der Waals surface area contributed by atoms with Crippen molar-refractivity contribution < 1.29 is 0 Å². The first-order valence-electron chi connectivity index (χ1n) is 18.6. The van der Waals surface area contributed by atoms with Gasteiger partial charge >= 0.3 is 0 Å². The Labute approximate surface area is 312 Å². The highest BCUT2D eigenvalue weighted by atomic mass is 15.2. The molecular weight excluding hydrogens is 639 g/mol. The average molecular weight is 679 g/mol. The third-order valence-corrected chi connectivity index (χ3v) is 11.4. The minimum absolute atomic E-state index is 0.138. The Hall–Kier alpha value is -6.32. The van der Waals surface area contributed by atoms with Gasteiger partial charge in [0.1, 0.15) is 0 Å². The quantitative estimate of drug-likeness (QED) is 0.182. The zero-order valence-electron chi connectivity index (χ0n) is 30.3. The number of benzene rings is 8. The molecule has 8 aromatic rings. The van der Waals surface area contributed by atoms with Crippen LogP contribution in [-0.4, -0.2) is 7.28 Å². The van der Waals surface area contributed by atoms with Gasteiger partial charge in [0.2, 0.25) is 0 Å². The lowest BCUT2D eigenvalue weighted by molar-refractivity contribution is 0.633. The highest BCUT2D eigenvalue weighted by Crippen LogP contribution is 2.53. The highest BCUT2D eigenvalue weighted by molar-refractivity contribution is 6.73. The van der Waals surface area contributed by atoms with Crippen LogP contribution in [0, 0.1) is 6.92 Å². The molecule has 2 heterocycles. The minimum atomic E-state index is -0.138. The molecule has 0 saturated heterocycles. The molecular formula is C50H39BN2. The van der Waals surface area contributed by atoms with Gasteiger partial charge in [-0.3, -0.25) is 0 Å². The predicted octanol–water partition coefficient (Wildman–Crippen LogP) is 11.7. The molecule has 0 aliphatic carbocycles.